The maximum atomic E-state index is 10.3. The summed E-state index contributed by atoms with van der Waals surface area (Å²) < 4.78 is 5.85. The lowest BCUT2D eigenvalue weighted by atomic mass is 10.1. The Labute approximate surface area is 106 Å². The number of aromatic nitrogens is 3. The van der Waals surface area contributed by atoms with E-state index in [4.69, 9.17) is 4.74 Å². The van der Waals surface area contributed by atoms with Gasteiger partial charge in [0.05, 0.1) is 0 Å². The molecule has 1 heterocycles. The van der Waals surface area contributed by atoms with E-state index in [0.717, 1.165) is 10.0 Å². The third-order valence-corrected chi connectivity index (χ3v) is 2.87. The van der Waals surface area contributed by atoms with Gasteiger partial charge in [0, 0.05) is 10.0 Å². The molecule has 0 aliphatic carbocycles. The lowest BCUT2D eigenvalue weighted by Crippen LogP contribution is -2.00. The normalized spacial score (nSPS) is 12.1. The first-order valence-electron chi connectivity index (χ1n) is 4.98. The highest BCUT2D eigenvalue weighted by Crippen LogP contribution is 2.26. The number of hydrogen-bond donors (Lipinski definition) is 1. The molecule has 5 nitrogen and oxygen atoms in total. The first-order valence-corrected chi connectivity index (χ1v) is 5.77. The van der Waals surface area contributed by atoms with Gasteiger partial charge in [0.2, 0.25) is 0 Å². The fourth-order valence-electron chi connectivity index (χ4n) is 1.49. The zero-order valence-corrected chi connectivity index (χ0v) is 10.6. The van der Waals surface area contributed by atoms with Crippen molar-refractivity contribution in [2.45, 2.75) is 13.0 Å². The topological polar surface area (TPSA) is 67.9 Å². The molecule has 1 unspecified atom stereocenters. The molecule has 0 aliphatic heterocycles. The summed E-state index contributed by atoms with van der Waals surface area (Å²) in [6.07, 6.45) is -0.426. The zero-order valence-electron chi connectivity index (χ0n) is 9.05. The van der Waals surface area contributed by atoms with Crippen molar-refractivity contribution in [3.05, 3.63) is 34.4 Å². The number of halogens is 1. The molecule has 1 atom stereocenters. The van der Waals surface area contributed by atoms with Gasteiger partial charge in [0.15, 0.2) is 0 Å². The Morgan fingerprint density at radius 3 is 2.71 bits per heavy atom. The van der Waals surface area contributed by atoms with Gasteiger partial charge in [0.25, 0.3) is 6.47 Å². The van der Waals surface area contributed by atoms with E-state index >= 15 is 0 Å². The molecule has 0 fully saturated rings. The maximum Gasteiger partial charge on any atom is 0.293 e. The van der Waals surface area contributed by atoms with E-state index in [1.165, 1.54) is 0 Å². The van der Waals surface area contributed by atoms with E-state index in [0.29, 0.717) is 17.9 Å². The van der Waals surface area contributed by atoms with Crippen molar-refractivity contribution in [2.75, 3.05) is 0 Å². The first kappa shape index (κ1) is 11.8. The number of nitrogens with zero attached hydrogens (tertiary/aromatic N) is 2. The van der Waals surface area contributed by atoms with Crippen LogP contribution < -0.4 is 0 Å². The average Bonchev–Trinajstić information content (AvgIpc) is 2.79. The molecule has 6 heteroatoms. The summed E-state index contributed by atoms with van der Waals surface area (Å²) in [5.74, 6) is 0. The highest BCUT2D eigenvalue weighted by molar-refractivity contribution is 9.10. The number of nitrogens with one attached hydrogen (secondary N) is 1. The highest BCUT2D eigenvalue weighted by Gasteiger charge is 2.17. The Morgan fingerprint density at radius 2 is 2.06 bits per heavy atom. The Hall–Kier alpha value is -1.69. The summed E-state index contributed by atoms with van der Waals surface area (Å²) in [5.41, 5.74) is 2.21. The molecule has 0 amide bonds. The molecule has 1 aromatic carbocycles. The van der Waals surface area contributed by atoms with Gasteiger partial charge in [-0.15, -0.1) is 0 Å². The summed E-state index contributed by atoms with van der Waals surface area (Å²) >= 11 is 3.37. The molecule has 0 radical (unpaired) electrons. The van der Waals surface area contributed by atoms with Gasteiger partial charge in [-0.3, -0.25) is 4.79 Å². The molecule has 2 aromatic rings. The van der Waals surface area contributed by atoms with Gasteiger partial charge >= 0.3 is 0 Å². The van der Waals surface area contributed by atoms with Gasteiger partial charge in [-0.05, 0) is 19.1 Å². The van der Waals surface area contributed by atoms with E-state index < -0.39 is 6.10 Å². The van der Waals surface area contributed by atoms with Crippen LogP contribution in [0.3, 0.4) is 0 Å². The molecule has 1 N–H and O–H groups in total. The first-order chi connectivity index (χ1) is 8.22. The van der Waals surface area contributed by atoms with Crippen molar-refractivity contribution in [2.24, 2.45) is 0 Å². The molecule has 0 spiro atoms. The summed E-state index contributed by atoms with van der Waals surface area (Å²) in [6, 6.07) is 7.66. The number of carbonyl (C=O) groups excluding carboxylic acids is 1. The molecule has 0 saturated heterocycles. The molecule has 0 aliphatic rings. The van der Waals surface area contributed by atoms with Crippen LogP contribution in [0.15, 0.2) is 28.7 Å². The van der Waals surface area contributed by atoms with Crippen molar-refractivity contribution in [3.8, 4) is 11.3 Å². The van der Waals surface area contributed by atoms with Gasteiger partial charge in [-0.1, -0.05) is 28.1 Å². The Kier molecular flexibility index (Phi) is 3.53. The quantitative estimate of drug-likeness (QED) is 0.880. The molecule has 2 rings (SSSR count). The second kappa shape index (κ2) is 5.09. The second-order valence-corrected chi connectivity index (χ2v) is 4.35. The van der Waals surface area contributed by atoms with Crippen LogP contribution in [0, 0.1) is 0 Å². The van der Waals surface area contributed by atoms with Crippen LogP contribution in [-0.4, -0.2) is 21.9 Å². The number of carbonyl (C=O) groups is 1. The van der Waals surface area contributed by atoms with E-state index in [1.54, 1.807) is 6.92 Å². The van der Waals surface area contributed by atoms with Gasteiger partial charge in [-0.2, -0.15) is 15.4 Å². The van der Waals surface area contributed by atoms with Crippen molar-refractivity contribution in [1.82, 2.24) is 15.4 Å². The number of ether oxygens (including phenoxy) is 1. The van der Waals surface area contributed by atoms with Crippen molar-refractivity contribution < 1.29 is 9.53 Å². The monoisotopic (exact) mass is 295 g/mol. The van der Waals surface area contributed by atoms with Crippen LogP contribution >= 0.6 is 15.9 Å². The molecular weight excluding hydrogens is 286 g/mol. The number of H-pyrrole nitrogens is 1. The minimum Gasteiger partial charge on any atom is -0.458 e. The van der Waals surface area contributed by atoms with Crippen LogP contribution in [0.1, 0.15) is 18.7 Å². The fourth-order valence-corrected chi connectivity index (χ4v) is 1.75. The highest BCUT2D eigenvalue weighted by atomic mass is 79.9. The van der Waals surface area contributed by atoms with E-state index in [-0.39, 0.29) is 0 Å². The third kappa shape index (κ3) is 2.52. The Balaban J connectivity index is 2.36. The Morgan fingerprint density at radius 1 is 1.35 bits per heavy atom. The summed E-state index contributed by atoms with van der Waals surface area (Å²) in [6.45, 7) is 2.15. The molecule has 88 valence electrons. The summed E-state index contributed by atoms with van der Waals surface area (Å²) in [4.78, 5) is 10.3. The van der Waals surface area contributed by atoms with E-state index in [1.807, 2.05) is 24.3 Å². The Bertz CT molecular complexity index is 510. The summed E-state index contributed by atoms with van der Waals surface area (Å²) in [7, 11) is 0. The largest absolute Gasteiger partial charge is 0.458 e. The maximum absolute atomic E-state index is 10.3. The van der Waals surface area contributed by atoms with Gasteiger partial charge < -0.3 is 4.74 Å². The molecule has 1 aromatic heterocycles. The predicted octanol–water partition coefficient (Wildman–Crippen LogP) is 2.47. The molecular formula is C11H10BrN3O2. The van der Waals surface area contributed by atoms with Crippen LogP contribution in [0.5, 0.6) is 0 Å². The number of hydrogen-bond acceptors (Lipinski definition) is 4. The van der Waals surface area contributed by atoms with Gasteiger partial charge in [-0.25, -0.2) is 0 Å². The minimum absolute atomic E-state index is 0.407. The molecule has 0 saturated carbocycles. The van der Waals surface area contributed by atoms with Crippen molar-refractivity contribution in [1.29, 1.82) is 0 Å². The van der Waals surface area contributed by atoms with Crippen molar-refractivity contribution in [3.63, 3.8) is 0 Å². The standard InChI is InChI=1S/C11H10BrN3O2/c1-7(17-6-16)10-11(14-15-13-10)8-2-4-9(12)5-3-8/h2-7H,1H3,(H,13,14,15). The number of aromatic amines is 1. The third-order valence-electron chi connectivity index (χ3n) is 2.34. The lowest BCUT2D eigenvalue weighted by Gasteiger charge is -2.07. The van der Waals surface area contributed by atoms with E-state index in [2.05, 4.69) is 31.3 Å². The van der Waals surface area contributed by atoms with Crippen LogP contribution in [0.25, 0.3) is 11.3 Å². The van der Waals surface area contributed by atoms with E-state index in [9.17, 15) is 4.79 Å². The van der Waals surface area contributed by atoms with Crippen LogP contribution in [-0.2, 0) is 9.53 Å². The number of benzene rings is 1. The smallest absolute Gasteiger partial charge is 0.293 e. The molecule has 0 bridgehead atoms. The van der Waals surface area contributed by atoms with Gasteiger partial charge in [0.1, 0.15) is 17.5 Å². The lowest BCUT2D eigenvalue weighted by molar-refractivity contribution is -0.133. The molecule has 17 heavy (non-hydrogen) atoms. The zero-order chi connectivity index (χ0) is 12.3. The summed E-state index contributed by atoms with van der Waals surface area (Å²) in [5, 5.41) is 10.6. The average molecular weight is 296 g/mol. The SMILES string of the molecule is CC(OC=O)c1n[nH]nc1-c1ccc(Br)cc1. The van der Waals surface area contributed by atoms with Crippen molar-refractivity contribution >= 4 is 22.4 Å². The minimum atomic E-state index is -0.426. The van der Waals surface area contributed by atoms with Crippen LogP contribution in [0.2, 0.25) is 0 Å². The predicted molar refractivity (Wildman–Crippen MR) is 65.1 cm³/mol. The second-order valence-electron chi connectivity index (χ2n) is 3.44. The fraction of sp³-hybridized carbons (Fsp3) is 0.182. The van der Waals surface area contributed by atoms with Crippen LogP contribution in [0.4, 0.5) is 0 Å². The number of rotatable bonds is 4.